The smallest absolute Gasteiger partial charge is 0.430 e. The largest absolute Gasteiger partial charge is 0.542 e. The van der Waals surface area contributed by atoms with Crippen LogP contribution in [0, 0.1) is 5.82 Å². The maximum absolute atomic E-state index is 14.7. The molecule has 4 aromatic rings. The molecule has 0 amide bonds. The van der Waals surface area contributed by atoms with E-state index < -0.39 is 18.0 Å². The molecule has 15 heteroatoms. The van der Waals surface area contributed by atoms with E-state index in [0.29, 0.717) is 23.3 Å². The number of ether oxygens (including phenoxy) is 1. The number of aromatic nitrogens is 4. The molecule has 200 valence electrons. The lowest BCUT2D eigenvalue weighted by Crippen LogP contribution is -2.61. The second-order valence-electron chi connectivity index (χ2n) is 8.35. The van der Waals surface area contributed by atoms with Crippen molar-refractivity contribution in [3.8, 4) is 11.5 Å². The van der Waals surface area contributed by atoms with E-state index >= 15 is 0 Å². The van der Waals surface area contributed by atoms with Crippen LogP contribution in [-0.4, -0.2) is 51.4 Å². The average molecular weight is 534 g/mol. The summed E-state index contributed by atoms with van der Waals surface area (Å²) in [7, 11) is 0. The summed E-state index contributed by atoms with van der Waals surface area (Å²) in [6.07, 6.45) is -2.50. The van der Waals surface area contributed by atoms with Gasteiger partial charge in [-0.25, -0.2) is 4.39 Å². The van der Waals surface area contributed by atoms with Gasteiger partial charge in [0, 0.05) is 36.2 Å². The molecule has 0 saturated carbocycles. The van der Waals surface area contributed by atoms with E-state index in [0.717, 1.165) is 36.2 Å². The Labute approximate surface area is 212 Å². The van der Waals surface area contributed by atoms with E-state index in [1.807, 2.05) is 6.07 Å². The summed E-state index contributed by atoms with van der Waals surface area (Å²) in [5, 5.41) is 19.6. The zero-order valence-corrected chi connectivity index (χ0v) is 19.6. The number of nitrogens with one attached hydrogen (secondary N) is 2. The van der Waals surface area contributed by atoms with E-state index in [-0.39, 0.29) is 11.7 Å². The standard InChI is InChI=1S/C21H21FN8O.C2HF3O2/c22-16-8-14(1-4-18(16)31-15-2-3-17-12(7-15)10-25-29-17)26-19-9-20(28-21(24)27-19)30-6-5-13(23)11-30;3-2(4,5)1(6)7/h1-4,7-10,13H,5-6,11,23H2,(H,25,29)(H3,24,26,27,28);(H,6,7). The number of aliphatic carboxylic acids is 1. The van der Waals surface area contributed by atoms with Crippen LogP contribution in [0.3, 0.4) is 0 Å². The average Bonchev–Trinajstić information content (AvgIpc) is 3.49. The number of carboxylic acid groups (broad SMARTS) is 1. The van der Waals surface area contributed by atoms with Gasteiger partial charge in [-0.2, -0.15) is 28.2 Å². The van der Waals surface area contributed by atoms with Crippen LogP contribution < -0.4 is 31.5 Å². The number of H-pyrrole nitrogens is 1. The third-order valence-electron chi connectivity index (χ3n) is 5.41. The highest BCUT2D eigenvalue weighted by Gasteiger charge is 2.29. The molecule has 1 fully saturated rings. The fourth-order valence-corrected chi connectivity index (χ4v) is 3.64. The Morgan fingerprint density at radius 1 is 1.21 bits per heavy atom. The first kappa shape index (κ1) is 26.4. The number of nitrogens with two attached hydrogens (primary N) is 1. The molecule has 3 heterocycles. The topological polar surface area (TPSA) is 173 Å². The van der Waals surface area contributed by atoms with Crippen LogP contribution in [0.25, 0.3) is 10.9 Å². The molecule has 0 radical (unpaired) electrons. The van der Waals surface area contributed by atoms with Crippen molar-refractivity contribution in [3.05, 3.63) is 54.5 Å². The summed E-state index contributed by atoms with van der Waals surface area (Å²) >= 11 is 0. The second-order valence-corrected chi connectivity index (χ2v) is 8.35. The number of halogens is 4. The molecule has 1 atom stereocenters. The Morgan fingerprint density at radius 3 is 2.63 bits per heavy atom. The number of anilines is 4. The number of alkyl halides is 3. The number of fused-ring (bicyclic) bond motifs is 1. The minimum Gasteiger partial charge on any atom is -0.542 e. The van der Waals surface area contributed by atoms with Crippen molar-refractivity contribution in [2.24, 2.45) is 0 Å². The molecule has 1 saturated heterocycles. The Hall–Kier alpha value is -4.66. The van der Waals surface area contributed by atoms with Crippen LogP contribution in [-0.2, 0) is 4.79 Å². The zero-order valence-electron chi connectivity index (χ0n) is 19.6. The molecule has 2 aromatic heterocycles. The summed E-state index contributed by atoms with van der Waals surface area (Å²) in [5.74, 6) is -1.48. The lowest BCUT2D eigenvalue weighted by Gasteiger charge is -2.17. The van der Waals surface area contributed by atoms with Gasteiger partial charge in [-0.05, 0) is 30.3 Å². The number of aromatic amines is 1. The van der Waals surface area contributed by atoms with Crippen molar-refractivity contribution < 1.29 is 37.9 Å². The van der Waals surface area contributed by atoms with Crippen LogP contribution in [0.5, 0.6) is 11.5 Å². The maximum atomic E-state index is 14.7. The Kier molecular flexibility index (Phi) is 7.47. The predicted octanol–water partition coefficient (Wildman–Crippen LogP) is 1.73. The van der Waals surface area contributed by atoms with E-state index in [1.54, 1.807) is 36.5 Å². The van der Waals surface area contributed by atoms with Crippen molar-refractivity contribution in [1.82, 2.24) is 20.2 Å². The first-order valence-corrected chi connectivity index (χ1v) is 11.2. The number of nitrogen functional groups attached to an aromatic ring is 1. The summed E-state index contributed by atoms with van der Waals surface area (Å²) in [4.78, 5) is 19.4. The van der Waals surface area contributed by atoms with E-state index in [4.69, 9.17) is 20.4 Å². The zero-order chi connectivity index (χ0) is 27.4. The molecule has 0 bridgehead atoms. The van der Waals surface area contributed by atoms with Gasteiger partial charge in [-0.1, -0.05) is 0 Å². The highest BCUT2D eigenvalue weighted by molar-refractivity contribution is 5.79. The quantitative estimate of drug-likeness (QED) is 0.278. The lowest BCUT2D eigenvalue weighted by molar-refractivity contribution is -0.412. The number of carbonyl (C=O) groups excluding carboxylic acids is 1. The lowest BCUT2D eigenvalue weighted by atomic mass is 10.2. The number of quaternary nitrogens is 1. The highest BCUT2D eigenvalue weighted by atomic mass is 19.4. The van der Waals surface area contributed by atoms with Gasteiger partial charge in [0.05, 0.1) is 18.3 Å². The molecule has 1 aliphatic heterocycles. The summed E-state index contributed by atoms with van der Waals surface area (Å²) < 4.78 is 51.9. The molecule has 0 aliphatic carbocycles. The molecule has 38 heavy (non-hydrogen) atoms. The van der Waals surface area contributed by atoms with Crippen molar-refractivity contribution in [1.29, 1.82) is 0 Å². The monoisotopic (exact) mass is 534 g/mol. The Balaban J connectivity index is 0.000000426. The number of carboxylic acids is 1. The van der Waals surface area contributed by atoms with Gasteiger partial charge in [-0.3, -0.25) is 5.10 Å². The summed E-state index contributed by atoms with van der Waals surface area (Å²) in [6.45, 7) is 1.69. The highest BCUT2D eigenvalue weighted by Crippen LogP contribution is 2.30. The third kappa shape index (κ3) is 6.56. The number of hydrogen-bond donors (Lipinski definition) is 4. The maximum Gasteiger partial charge on any atom is 0.430 e. The fourth-order valence-electron chi connectivity index (χ4n) is 3.64. The van der Waals surface area contributed by atoms with Crippen LogP contribution in [0.4, 0.5) is 40.8 Å². The number of benzene rings is 2. The molecule has 1 unspecified atom stereocenters. The van der Waals surface area contributed by atoms with Crippen molar-refractivity contribution in [2.75, 3.05) is 29.0 Å². The van der Waals surface area contributed by atoms with Crippen LogP contribution >= 0.6 is 0 Å². The van der Waals surface area contributed by atoms with E-state index in [9.17, 15) is 17.6 Å². The van der Waals surface area contributed by atoms with Crippen LogP contribution in [0.2, 0.25) is 0 Å². The normalized spacial score (nSPS) is 15.2. The Morgan fingerprint density at radius 2 is 1.97 bits per heavy atom. The number of rotatable bonds is 5. The first-order chi connectivity index (χ1) is 18.0. The SMILES string of the molecule is Nc1nc(Nc2ccc(Oc3ccc4[nH]ncc4c3)c(F)c2)cc(N2CCC([NH3+])C2)n1.O=C([O-])C(F)(F)F. The summed E-state index contributed by atoms with van der Waals surface area (Å²) in [6, 6.07) is 12.2. The third-order valence-corrected chi connectivity index (χ3v) is 5.41. The van der Waals surface area contributed by atoms with Crippen molar-refractivity contribution in [3.63, 3.8) is 0 Å². The molecule has 7 N–H and O–H groups in total. The molecular weight excluding hydrogens is 512 g/mol. The minimum absolute atomic E-state index is 0.120. The van der Waals surface area contributed by atoms with Gasteiger partial charge in [0.15, 0.2) is 11.6 Å². The van der Waals surface area contributed by atoms with Gasteiger partial charge in [0.2, 0.25) is 5.95 Å². The molecule has 5 rings (SSSR count). The molecule has 0 spiro atoms. The molecule has 2 aromatic carbocycles. The van der Waals surface area contributed by atoms with Gasteiger partial charge < -0.3 is 36.3 Å². The van der Waals surface area contributed by atoms with E-state index in [2.05, 4.69) is 36.1 Å². The number of hydrogen-bond acceptors (Lipinski definition) is 9. The van der Waals surface area contributed by atoms with Crippen molar-refractivity contribution >= 4 is 40.1 Å². The fraction of sp³-hybridized carbons (Fsp3) is 0.217. The number of carbonyl (C=O) groups is 1. The minimum atomic E-state index is -5.19. The Bertz CT molecular complexity index is 1450. The van der Waals surface area contributed by atoms with Gasteiger partial charge in [-0.15, -0.1) is 0 Å². The van der Waals surface area contributed by atoms with Crippen LogP contribution in [0.1, 0.15) is 6.42 Å². The van der Waals surface area contributed by atoms with Crippen LogP contribution in [0.15, 0.2) is 48.7 Å². The van der Waals surface area contributed by atoms with Gasteiger partial charge >= 0.3 is 6.18 Å². The molecule has 11 nitrogen and oxygen atoms in total. The number of nitrogens with zero attached hydrogens (tertiary/aromatic N) is 4. The predicted molar refractivity (Wildman–Crippen MR) is 127 cm³/mol. The molecular formula is C23H22F4N8O3. The summed E-state index contributed by atoms with van der Waals surface area (Å²) in [5.41, 5.74) is 11.4. The van der Waals surface area contributed by atoms with Gasteiger partial charge in [0.25, 0.3) is 0 Å². The van der Waals surface area contributed by atoms with Crippen molar-refractivity contribution in [2.45, 2.75) is 18.6 Å². The molecule has 1 aliphatic rings. The first-order valence-electron chi connectivity index (χ1n) is 11.2. The van der Waals surface area contributed by atoms with E-state index in [1.165, 1.54) is 6.07 Å². The second kappa shape index (κ2) is 10.8. The van der Waals surface area contributed by atoms with Gasteiger partial charge in [0.1, 0.15) is 29.4 Å².